The Kier molecular flexibility index (Phi) is 5.61. The van der Waals surface area contributed by atoms with E-state index in [1.165, 1.54) is 0 Å². The van der Waals surface area contributed by atoms with Crippen LogP contribution in [-0.4, -0.2) is 49.6 Å². The Hall–Kier alpha value is -1.94. The molecule has 1 aromatic rings. The number of halogens is 1. The van der Waals surface area contributed by atoms with Crippen LogP contribution < -0.4 is 9.47 Å². The van der Waals surface area contributed by atoms with E-state index in [-0.39, 0.29) is 22.8 Å². The van der Waals surface area contributed by atoms with Gasteiger partial charge >= 0.3 is 5.97 Å². The van der Waals surface area contributed by atoms with Crippen LogP contribution in [0.2, 0.25) is 0 Å². The average molecular weight is 423 g/mol. The molecule has 1 aromatic carbocycles. The highest BCUT2D eigenvalue weighted by atomic mass is 79.9. The third-order valence-electron chi connectivity index (χ3n) is 5.42. The zero-order valence-electron chi connectivity index (χ0n) is 15.2. The summed E-state index contributed by atoms with van der Waals surface area (Å²) in [6.07, 6.45) is 4.71. The number of alkyl halides is 1. The molecule has 140 valence electrons. The number of fused-ring (bicyclic) bond motifs is 3. The van der Waals surface area contributed by atoms with Crippen LogP contribution in [0.4, 0.5) is 0 Å². The third kappa shape index (κ3) is 3.35. The number of nitriles is 1. The molecule has 0 radical (unpaired) electrons. The normalized spacial score (nSPS) is 26.8. The quantitative estimate of drug-likeness (QED) is 0.313. The number of methoxy groups -OCH3 is 2. The molecule has 7 heteroatoms. The summed E-state index contributed by atoms with van der Waals surface area (Å²) in [7, 11) is 4.94. The van der Waals surface area contributed by atoms with E-state index >= 15 is 0 Å². The second-order valence-corrected chi connectivity index (χ2v) is 7.91. The molecule has 0 N–H and O–H groups in total. The highest BCUT2D eigenvalue weighted by molar-refractivity contribution is 9.09. The van der Waals surface area contributed by atoms with Gasteiger partial charge in [0.1, 0.15) is 6.10 Å². The number of ether oxygens (including phenoxy) is 3. The highest BCUT2D eigenvalue weighted by Crippen LogP contribution is 2.49. The Morgan fingerprint density at radius 2 is 2.00 bits per heavy atom. The maximum Gasteiger partial charge on any atom is 0.338 e. The molecule has 1 heterocycles. The van der Waals surface area contributed by atoms with Gasteiger partial charge in [-0.25, -0.2) is 4.79 Å². The summed E-state index contributed by atoms with van der Waals surface area (Å²) in [5, 5.41) is 8.96. The van der Waals surface area contributed by atoms with E-state index in [0.717, 1.165) is 31.4 Å². The van der Waals surface area contributed by atoms with Gasteiger partial charge in [0.25, 0.3) is 0 Å². The number of carbonyl (C=O) groups excluding carboxylic acids is 1. The van der Waals surface area contributed by atoms with Gasteiger partial charge in [-0.05, 0) is 42.9 Å². The lowest BCUT2D eigenvalue weighted by Crippen LogP contribution is -2.43. The monoisotopic (exact) mass is 422 g/mol. The number of rotatable bonds is 5. The minimum atomic E-state index is -0.301. The molecule has 3 rings (SSSR count). The van der Waals surface area contributed by atoms with Gasteiger partial charge in [0, 0.05) is 24.3 Å². The summed E-state index contributed by atoms with van der Waals surface area (Å²) < 4.78 is 16.5. The van der Waals surface area contributed by atoms with Gasteiger partial charge in [-0.3, -0.25) is 0 Å². The van der Waals surface area contributed by atoms with Crippen LogP contribution in [0, 0.1) is 17.4 Å². The van der Waals surface area contributed by atoms with Crippen molar-refractivity contribution in [3.05, 3.63) is 23.3 Å². The van der Waals surface area contributed by atoms with E-state index in [1.54, 1.807) is 32.2 Å². The van der Waals surface area contributed by atoms with E-state index in [1.807, 2.05) is 6.07 Å². The van der Waals surface area contributed by atoms with Crippen LogP contribution in [0.5, 0.6) is 11.5 Å². The lowest BCUT2D eigenvalue weighted by Gasteiger charge is -2.43. The first-order valence-corrected chi connectivity index (χ1v) is 9.63. The Morgan fingerprint density at radius 3 is 2.65 bits per heavy atom. The van der Waals surface area contributed by atoms with Crippen molar-refractivity contribution in [3.63, 3.8) is 0 Å². The van der Waals surface area contributed by atoms with Crippen LogP contribution in [0.1, 0.15) is 41.1 Å². The molecule has 2 aliphatic rings. The van der Waals surface area contributed by atoms with Crippen molar-refractivity contribution < 1.29 is 19.0 Å². The zero-order valence-corrected chi connectivity index (χ0v) is 16.8. The molecule has 0 bridgehead atoms. The molecule has 0 aromatic heterocycles. The maximum atomic E-state index is 12.5. The van der Waals surface area contributed by atoms with Crippen molar-refractivity contribution in [1.82, 2.24) is 4.90 Å². The SMILES string of the molecule is COc1cc2c(cc1OC)C1C(CCC(CCN(C)C#N)C1Br)OC2=O. The van der Waals surface area contributed by atoms with Gasteiger partial charge in [0.05, 0.1) is 19.8 Å². The molecule has 0 saturated heterocycles. The molecule has 6 nitrogen and oxygen atoms in total. The molecule has 1 aliphatic heterocycles. The summed E-state index contributed by atoms with van der Waals surface area (Å²) >= 11 is 3.88. The van der Waals surface area contributed by atoms with Gasteiger partial charge in [0.15, 0.2) is 17.7 Å². The van der Waals surface area contributed by atoms with E-state index in [0.29, 0.717) is 23.0 Å². The van der Waals surface area contributed by atoms with Crippen molar-refractivity contribution in [2.24, 2.45) is 5.92 Å². The molecule has 0 amide bonds. The van der Waals surface area contributed by atoms with Crippen LogP contribution in [-0.2, 0) is 4.74 Å². The van der Waals surface area contributed by atoms with Gasteiger partial charge in [-0.2, -0.15) is 5.26 Å². The van der Waals surface area contributed by atoms with Gasteiger partial charge in [0.2, 0.25) is 0 Å². The van der Waals surface area contributed by atoms with Crippen LogP contribution in [0.15, 0.2) is 12.1 Å². The molecule has 1 aliphatic carbocycles. The summed E-state index contributed by atoms with van der Waals surface area (Å²) in [6, 6.07) is 3.61. The van der Waals surface area contributed by atoms with E-state index in [9.17, 15) is 4.79 Å². The van der Waals surface area contributed by atoms with Crippen molar-refractivity contribution in [3.8, 4) is 17.7 Å². The molecule has 0 spiro atoms. The molecule has 1 saturated carbocycles. The Bertz CT molecular complexity index is 733. The summed E-state index contributed by atoms with van der Waals surface area (Å²) in [6.45, 7) is 0.721. The van der Waals surface area contributed by atoms with Crippen LogP contribution >= 0.6 is 15.9 Å². The lowest BCUT2D eigenvalue weighted by atomic mass is 9.72. The molecule has 26 heavy (non-hydrogen) atoms. The fourth-order valence-corrected chi connectivity index (χ4v) is 5.13. The number of carbonyl (C=O) groups is 1. The Morgan fingerprint density at radius 1 is 1.31 bits per heavy atom. The standard InChI is InChI=1S/C19H23BrN2O4/c1-22(10-21)7-6-11-4-5-14-17(18(11)20)12-8-15(24-2)16(25-3)9-13(12)19(23)26-14/h8-9,11,14,17-18H,4-7H2,1-3H3. The maximum absolute atomic E-state index is 12.5. The summed E-state index contributed by atoms with van der Waals surface area (Å²) in [5.41, 5.74) is 1.49. The van der Waals surface area contributed by atoms with Crippen molar-refractivity contribution in [1.29, 1.82) is 5.26 Å². The minimum Gasteiger partial charge on any atom is -0.493 e. The number of nitrogens with zero attached hydrogens (tertiary/aromatic N) is 2. The topological polar surface area (TPSA) is 71.8 Å². The Balaban J connectivity index is 1.92. The van der Waals surface area contributed by atoms with Gasteiger partial charge < -0.3 is 19.1 Å². The average Bonchev–Trinajstić information content (AvgIpc) is 2.66. The predicted molar refractivity (Wildman–Crippen MR) is 99.8 cm³/mol. The first-order valence-electron chi connectivity index (χ1n) is 8.72. The van der Waals surface area contributed by atoms with Gasteiger partial charge in [-0.1, -0.05) is 15.9 Å². The first-order chi connectivity index (χ1) is 12.5. The second kappa shape index (κ2) is 7.75. The van der Waals surface area contributed by atoms with Crippen molar-refractivity contribution in [2.45, 2.75) is 36.1 Å². The summed E-state index contributed by atoms with van der Waals surface area (Å²) in [5.74, 6) is 1.31. The van der Waals surface area contributed by atoms with Crippen molar-refractivity contribution >= 4 is 21.9 Å². The van der Waals surface area contributed by atoms with E-state index in [4.69, 9.17) is 19.5 Å². The predicted octanol–water partition coefficient (Wildman–Crippen LogP) is 3.30. The molecule has 4 atom stereocenters. The number of esters is 1. The summed E-state index contributed by atoms with van der Waals surface area (Å²) in [4.78, 5) is 14.3. The third-order valence-corrected chi connectivity index (χ3v) is 6.73. The van der Waals surface area contributed by atoms with E-state index in [2.05, 4.69) is 22.1 Å². The Labute approximate surface area is 162 Å². The van der Waals surface area contributed by atoms with Crippen LogP contribution in [0.25, 0.3) is 0 Å². The fraction of sp³-hybridized carbons (Fsp3) is 0.579. The zero-order chi connectivity index (χ0) is 18.8. The van der Waals surface area contributed by atoms with Gasteiger partial charge in [-0.15, -0.1) is 0 Å². The largest absolute Gasteiger partial charge is 0.493 e. The van der Waals surface area contributed by atoms with Crippen LogP contribution in [0.3, 0.4) is 0 Å². The molecule has 4 unspecified atom stereocenters. The molecular weight excluding hydrogens is 400 g/mol. The number of hydrogen-bond acceptors (Lipinski definition) is 6. The number of hydrogen-bond donors (Lipinski definition) is 0. The fourth-order valence-electron chi connectivity index (χ4n) is 3.98. The van der Waals surface area contributed by atoms with Crippen molar-refractivity contribution in [2.75, 3.05) is 27.8 Å². The molecular formula is C19H23BrN2O4. The number of benzene rings is 1. The minimum absolute atomic E-state index is 0.0636. The first kappa shape index (κ1) is 18.8. The smallest absolute Gasteiger partial charge is 0.338 e. The lowest BCUT2D eigenvalue weighted by molar-refractivity contribution is 0.00281. The molecule has 1 fully saturated rings. The highest BCUT2D eigenvalue weighted by Gasteiger charge is 2.45. The van der Waals surface area contributed by atoms with E-state index < -0.39 is 0 Å². The second-order valence-electron chi connectivity index (χ2n) is 6.86.